The van der Waals surface area contributed by atoms with Crippen LogP contribution < -0.4 is 15.4 Å². The highest BCUT2D eigenvalue weighted by molar-refractivity contribution is 5.90. The quantitative estimate of drug-likeness (QED) is 0.543. The number of ether oxygens (including phenoxy) is 1. The lowest BCUT2D eigenvalue weighted by molar-refractivity contribution is 0.0145. The molecule has 0 saturated heterocycles. The largest absolute Gasteiger partial charge is 0.487 e. The predicted octanol–water partition coefficient (Wildman–Crippen LogP) is 5.66. The summed E-state index contributed by atoms with van der Waals surface area (Å²) in [4.78, 5) is 13.1. The molecule has 0 radical (unpaired) electrons. The summed E-state index contributed by atoms with van der Waals surface area (Å²) in [6, 6.07) is 9.71. The van der Waals surface area contributed by atoms with E-state index in [0.29, 0.717) is 24.2 Å². The molecule has 2 atom stereocenters. The Morgan fingerprint density at radius 1 is 1.22 bits per heavy atom. The number of urea groups is 1. The third-order valence-electron chi connectivity index (χ3n) is 6.67. The van der Waals surface area contributed by atoms with Crippen LogP contribution in [0.2, 0.25) is 0 Å². The summed E-state index contributed by atoms with van der Waals surface area (Å²) in [5.41, 5.74) is 3.18. The second-order valence-corrected chi connectivity index (χ2v) is 9.16. The second-order valence-electron chi connectivity index (χ2n) is 9.16. The van der Waals surface area contributed by atoms with E-state index in [2.05, 4.69) is 24.5 Å². The highest BCUT2D eigenvalue weighted by Gasteiger charge is 2.40. The van der Waals surface area contributed by atoms with E-state index < -0.39 is 0 Å². The average molecular weight is 441 g/mol. The molecule has 0 spiro atoms. The number of hydrogen-bond acceptors (Lipinski definition) is 3. The molecule has 0 bridgehead atoms. The van der Waals surface area contributed by atoms with Crippen LogP contribution in [0, 0.1) is 5.82 Å². The van der Waals surface area contributed by atoms with Crippen LogP contribution in [-0.4, -0.2) is 22.8 Å². The standard InChI is InChI=1S/C26H33FN2O3/c1-3-12-26(13-4-2)16-23(21-14-18(27)9-11-24(21)32-26)29-25(31)28-22-7-5-6-17-8-10-19(30)15-20(17)22/h5-7,9,11,14,19,23,30H,3-4,8,10,12-13,15-16H2,1-2H3,(H2,28,29,31)/t19-,23-/m1/s1. The summed E-state index contributed by atoms with van der Waals surface area (Å²) in [5, 5.41) is 16.2. The van der Waals surface area contributed by atoms with E-state index in [1.807, 2.05) is 18.2 Å². The van der Waals surface area contributed by atoms with Crippen molar-refractivity contribution < 1.29 is 19.0 Å². The van der Waals surface area contributed by atoms with E-state index in [9.17, 15) is 14.3 Å². The minimum Gasteiger partial charge on any atom is -0.487 e. The molecule has 3 N–H and O–H groups in total. The molecule has 2 aromatic rings. The Balaban J connectivity index is 1.57. The highest BCUT2D eigenvalue weighted by atomic mass is 19.1. The molecule has 0 unspecified atom stereocenters. The SMILES string of the molecule is CCCC1(CCC)C[C@@H](NC(=O)Nc2cccc3c2C[C@H](O)CC3)c2cc(F)ccc2O1. The van der Waals surface area contributed by atoms with Crippen molar-refractivity contribution in [3.63, 3.8) is 0 Å². The van der Waals surface area contributed by atoms with E-state index in [-0.39, 0.29) is 29.6 Å². The lowest BCUT2D eigenvalue weighted by Crippen LogP contribution is -2.46. The minimum atomic E-state index is -0.387. The van der Waals surface area contributed by atoms with Gasteiger partial charge in [0.15, 0.2) is 0 Å². The van der Waals surface area contributed by atoms with Gasteiger partial charge in [-0.15, -0.1) is 0 Å². The number of hydrogen-bond donors (Lipinski definition) is 3. The van der Waals surface area contributed by atoms with E-state index >= 15 is 0 Å². The van der Waals surface area contributed by atoms with Crippen LogP contribution in [0.3, 0.4) is 0 Å². The molecule has 0 aromatic heterocycles. The van der Waals surface area contributed by atoms with Gasteiger partial charge in [-0.2, -0.15) is 0 Å². The normalized spacial score (nSPS) is 21.1. The molecule has 1 heterocycles. The van der Waals surface area contributed by atoms with Crippen LogP contribution in [-0.2, 0) is 12.8 Å². The number of halogens is 1. The number of amides is 2. The first-order chi connectivity index (χ1) is 15.4. The Bertz CT molecular complexity index is 972. The predicted molar refractivity (Wildman–Crippen MR) is 124 cm³/mol. The summed E-state index contributed by atoms with van der Waals surface area (Å²) in [6.45, 7) is 4.26. The molecule has 4 rings (SSSR count). The number of fused-ring (bicyclic) bond motifs is 2. The molecule has 1 aliphatic carbocycles. The monoisotopic (exact) mass is 440 g/mol. The fourth-order valence-corrected chi connectivity index (χ4v) is 5.32. The molecule has 5 nitrogen and oxygen atoms in total. The maximum absolute atomic E-state index is 14.1. The Morgan fingerprint density at radius 2 is 2.00 bits per heavy atom. The van der Waals surface area contributed by atoms with Crippen molar-refractivity contribution in [1.82, 2.24) is 5.32 Å². The van der Waals surface area contributed by atoms with E-state index in [4.69, 9.17) is 4.74 Å². The Morgan fingerprint density at radius 3 is 2.75 bits per heavy atom. The van der Waals surface area contributed by atoms with Gasteiger partial charge >= 0.3 is 6.03 Å². The number of rotatable bonds is 6. The number of carbonyl (C=O) groups is 1. The number of aliphatic hydroxyl groups excluding tert-OH is 1. The van der Waals surface area contributed by atoms with Gasteiger partial charge in [-0.25, -0.2) is 9.18 Å². The summed E-state index contributed by atoms with van der Waals surface area (Å²) in [5.74, 6) is 0.300. The number of benzene rings is 2. The molecule has 172 valence electrons. The van der Waals surface area contributed by atoms with Crippen LogP contribution in [0.1, 0.15) is 75.1 Å². The Hall–Kier alpha value is -2.60. The number of aliphatic hydroxyl groups is 1. The van der Waals surface area contributed by atoms with Crippen LogP contribution in [0.15, 0.2) is 36.4 Å². The lowest BCUT2D eigenvalue weighted by atomic mass is 9.81. The zero-order chi connectivity index (χ0) is 22.7. The van der Waals surface area contributed by atoms with Gasteiger partial charge in [0.05, 0.1) is 12.1 Å². The molecular formula is C26H33FN2O3. The van der Waals surface area contributed by atoms with Crippen LogP contribution in [0.5, 0.6) is 5.75 Å². The molecule has 32 heavy (non-hydrogen) atoms. The first-order valence-corrected chi connectivity index (χ1v) is 11.8. The highest BCUT2D eigenvalue weighted by Crippen LogP contribution is 2.44. The molecular weight excluding hydrogens is 407 g/mol. The number of anilines is 1. The van der Waals surface area contributed by atoms with E-state index in [1.165, 1.54) is 12.1 Å². The fraction of sp³-hybridized carbons (Fsp3) is 0.500. The second kappa shape index (κ2) is 9.49. The number of carbonyl (C=O) groups excluding carboxylic acids is 1. The first-order valence-electron chi connectivity index (χ1n) is 11.8. The van der Waals surface area contributed by atoms with Gasteiger partial charge in [-0.3, -0.25) is 0 Å². The zero-order valence-electron chi connectivity index (χ0n) is 18.9. The van der Waals surface area contributed by atoms with Gasteiger partial charge in [-0.05, 0) is 61.1 Å². The topological polar surface area (TPSA) is 70.6 Å². The smallest absolute Gasteiger partial charge is 0.319 e. The first kappa shape index (κ1) is 22.6. The van der Waals surface area contributed by atoms with Crippen molar-refractivity contribution in [1.29, 1.82) is 0 Å². The van der Waals surface area contributed by atoms with Crippen LogP contribution in [0.4, 0.5) is 14.9 Å². The summed E-state index contributed by atoms with van der Waals surface area (Å²) in [6.07, 6.45) is 5.98. The Labute approximate surface area is 189 Å². The van der Waals surface area contributed by atoms with Crippen molar-refractivity contribution in [2.75, 3.05) is 5.32 Å². The van der Waals surface area contributed by atoms with E-state index in [1.54, 1.807) is 6.07 Å². The molecule has 1 aliphatic heterocycles. The number of aryl methyl sites for hydroxylation is 1. The van der Waals surface area contributed by atoms with Crippen molar-refractivity contribution in [3.8, 4) is 5.75 Å². The fourth-order valence-electron chi connectivity index (χ4n) is 5.32. The lowest BCUT2D eigenvalue weighted by Gasteiger charge is -2.42. The van der Waals surface area contributed by atoms with Crippen LogP contribution in [0.25, 0.3) is 0 Å². The zero-order valence-corrected chi connectivity index (χ0v) is 18.9. The molecule has 2 amide bonds. The van der Waals surface area contributed by atoms with Crippen molar-refractivity contribution in [2.24, 2.45) is 0 Å². The summed E-state index contributed by atoms with van der Waals surface area (Å²) < 4.78 is 20.5. The van der Waals surface area contributed by atoms with Crippen molar-refractivity contribution in [2.45, 2.75) is 83.0 Å². The molecule has 0 saturated carbocycles. The van der Waals surface area contributed by atoms with Gasteiger partial charge in [0.1, 0.15) is 17.2 Å². The molecule has 0 fully saturated rings. The van der Waals surface area contributed by atoms with Crippen LogP contribution >= 0.6 is 0 Å². The summed E-state index contributed by atoms with van der Waals surface area (Å²) in [7, 11) is 0. The van der Waals surface area contributed by atoms with Gasteiger partial charge in [0.2, 0.25) is 0 Å². The molecule has 2 aliphatic rings. The van der Waals surface area contributed by atoms with Crippen molar-refractivity contribution in [3.05, 3.63) is 58.9 Å². The van der Waals surface area contributed by atoms with Gasteiger partial charge in [0, 0.05) is 24.1 Å². The number of nitrogens with one attached hydrogen (secondary N) is 2. The minimum absolute atomic E-state index is 0.331. The van der Waals surface area contributed by atoms with Gasteiger partial charge in [-0.1, -0.05) is 38.8 Å². The van der Waals surface area contributed by atoms with Gasteiger partial charge in [0.25, 0.3) is 0 Å². The van der Waals surface area contributed by atoms with E-state index in [0.717, 1.165) is 55.3 Å². The van der Waals surface area contributed by atoms with Gasteiger partial charge < -0.3 is 20.5 Å². The average Bonchev–Trinajstić information content (AvgIpc) is 2.75. The third kappa shape index (κ3) is 4.75. The maximum Gasteiger partial charge on any atom is 0.319 e. The van der Waals surface area contributed by atoms with Crippen molar-refractivity contribution >= 4 is 11.7 Å². The third-order valence-corrected chi connectivity index (χ3v) is 6.67. The molecule has 6 heteroatoms. The summed E-state index contributed by atoms with van der Waals surface area (Å²) >= 11 is 0. The Kier molecular flexibility index (Phi) is 6.70. The molecule has 2 aromatic carbocycles. The maximum atomic E-state index is 14.1.